The Morgan fingerprint density at radius 1 is 0.467 bits per heavy atom. The lowest BCUT2D eigenvalue weighted by molar-refractivity contribution is 0.347. The standard InChI is InChI=1S/C28H22N2/c1-3-7-25-21(5-1)23-15-17(9-13-27(23)29-25)19-11-12-20(19)18-10-14-28-24(16-18)22-6-2-4-8-26(22)30-28/h1-10,13-16,19-20,29-30H,11-12H2. The number of hydrogen-bond donors (Lipinski definition) is 2. The smallest absolute Gasteiger partial charge is 0.0465 e. The third-order valence-corrected chi connectivity index (χ3v) is 7.19. The number of para-hydroxylation sites is 2. The van der Waals surface area contributed by atoms with E-state index in [1.54, 1.807) is 0 Å². The van der Waals surface area contributed by atoms with E-state index in [1.807, 2.05) is 0 Å². The fraction of sp³-hybridized carbons (Fsp3) is 0.143. The summed E-state index contributed by atoms with van der Waals surface area (Å²) in [7, 11) is 0. The Morgan fingerprint density at radius 2 is 0.900 bits per heavy atom. The van der Waals surface area contributed by atoms with Crippen molar-refractivity contribution >= 4 is 43.6 Å². The van der Waals surface area contributed by atoms with Gasteiger partial charge in [0.1, 0.15) is 0 Å². The summed E-state index contributed by atoms with van der Waals surface area (Å²) in [6.45, 7) is 0. The van der Waals surface area contributed by atoms with Crippen molar-refractivity contribution in [3.63, 3.8) is 0 Å². The fourth-order valence-corrected chi connectivity index (χ4v) is 5.49. The second-order valence-corrected chi connectivity index (χ2v) is 8.74. The predicted molar refractivity (Wildman–Crippen MR) is 126 cm³/mol. The molecule has 0 radical (unpaired) electrons. The van der Waals surface area contributed by atoms with Gasteiger partial charge in [0, 0.05) is 43.6 Å². The van der Waals surface area contributed by atoms with Crippen molar-refractivity contribution in [1.29, 1.82) is 0 Å². The topological polar surface area (TPSA) is 31.6 Å². The minimum absolute atomic E-state index is 0.603. The fourth-order valence-electron chi connectivity index (χ4n) is 5.49. The second kappa shape index (κ2) is 5.99. The van der Waals surface area contributed by atoms with Crippen LogP contribution in [0.5, 0.6) is 0 Å². The van der Waals surface area contributed by atoms with Crippen molar-refractivity contribution < 1.29 is 0 Å². The number of nitrogens with one attached hydrogen (secondary N) is 2. The van der Waals surface area contributed by atoms with Crippen LogP contribution in [0, 0.1) is 0 Å². The zero-order chi connectivity index (χ0) is 19.7. The molecule has 1 aliphatic carbocycles. The summed E-state index contributed by atoms with van der Waals surface area (Å²) in [5.74, 6) is 1.21. The molecule has 1 saturated carbocycles. The van der Waals surface area contributed by atoms with E-state index in [9.17, 15) is 0 Å². The molecular weight excluding hydrogens is 364 g/mol. The van der Waals surface area contributed by atoms with Crippen LogP contribution in [0.3, 0.4) is 0 Å². The van der Waals surface area contributed by atoms with Gasteiger partial charge in [-0.05, 0) is 72.2 Å². The van der Waals surface area contributed by atoms with E-state index in [1.165, 1.54) is 67.6 Å². The van der Waals surface area contributed by atoms with Crippen LogP contribution in [0.1, 0.15) is 35.8 Å². The normalized spacial score (nSPS) is 19.1. The number of aromatic nitrogens is 2. The first-order chi connectivity index (χ1) is 14.8. The minimum Gasteiger partial charge on any atom is -0.355 e. The quantitative estimate of drug-likeness (QED) is 0.307. The molecule has 0 bridgehead atoms. The van der Waals surface area contributed by atoms with Crippen LogP contribution in [0.2, 0.25) is 0 Å². The Labute approximate surface area is 174 Å². The number of fused-ring (bicyclic) bond motifs is 6. The molecule has 0 spiro atoms. The summed E-state index contributed by atoms with van der Waals surface area (Å²) < 4.78 is 0. The summed E-state index contributed by atoms with van der Waals surface area (Å²) in [4.78, 5) is 7.11. The van der Waals surface area contributed by atoms with Crippen LogP contribution in [0.4, 0.5) is 0 Å². The molecule has 1 fully saturated rings. The van der Waals surface area contributed by atoms with Crippen LogP contribution in [-0.4, -0.2) is 9.97 Å². The highest BCUT2D eigenvalue weighted by Crippen LogP contribution is 2.50. The molecule has 2 atom stereocenters. The molecule has 2 heterocycles. The average molecular weight is 386 g/mol. The van der Waals surface area contributed by atoms with E-state index < -0.39 is 0 Å². The molecule has 0 aliphatic heterocycles. The van der Waals surface area contributed by atoms with Gasteiger partial charge in [-0.1, -0.05) is 48.5 Å². The molecule has 2 nitrogen and oxygen atoms in total. The summed E-state index contributed by atoms with van der Waals surface area (Å²) in [6.07, 6.45) is 2.54. The molecule has 1 aliphatic rings. The van der Waals surface area contributed by atoms with E-state index >= 15 is 0 Å². The summed E-state index contributed by atoms with van der Waals surface area (Å²) >= 11 is 0. The first-order valence-corrected chi connectivity index (χ1v) is 10.9. The second-order valence-electron chi connectivity index (χ2n) is 8.74. The van der Waals surface area contributed by atoms with Crippen LogP contribution < -0.4 is 0 Å². The molecule has 0 amide bonds. The van der Waals surface area contributed by atoms with E-state index in [2.05, 4.69) is 94.9 Å². The van der Waals surface area contributed by atoms with Gasteiger partial charge in [-0.25, -0.2) is 0 Å². The predicted octanol–water partition coefficient (Wildman–Crippen LogP) is 7.62. The van der Waals surface area contributed by atoms with Gasteiger partial charge < -0.3 is 9.97 Å². The number of benzene rings is 4. The van der Waals surface area contributed by atoms with Crippen LogP contribution in [-0.2, 0) is 0 Å². The average Bonchev–Trinajstić information content (AvgIpc) is 3.31. The van der Waals surface area contributed by atoms with E-state index in [-0.39, 0.29) is 0 Å². The molecule has 2 unspecified atom stereocenters. The van der Waals surface area contributed by atoms with Crippen molar-refractivity contribution in [3.8, 4) is 0 Å². The number of aromatic amines is 2. The van der Waals surface area contributed by atoms with Gasteiger partial charge in [0.15, 0.2) is 0 Å². The van der Waals surface area contributed by atoms with Crippen LogP contribution in [0.25, 0.3) is 43.6 Å². The minimum atomic E-state index is 0.603. The largest absolute Gasteiger partial charge is 0.355 e. The van der Waals surface area contributed by atoms with Gasteiger partial charge in [0.2, 0.25) is 0 Å². The molecule has 2 heteroatoms. The third-order valence-electron chi connectivity index (χ3n) is 7.19. The zero-order valence-corrected chi connectivity index (χ0v) is 16.7. The van der Waals surface area contributed by atoms with Gasteiger partial charge in [-0.15, -0.1) is 0 Å². The van der Waals surface area contributed by atoms with E-state index in [4.69, 9.17) is 0 Å². The molecule has 6 aromatic rings. The highest BCUT2D eigenvalue weighted by atomic mass is 14.7. The van der Waals surface area contributed by atoms with Crippen molar-refractivity contribution in [1.82, 2.24) is 9.97 Å². The lowest BCUT2D eigenvalue weighted by Crippen LogP contribution is -2.21. The van der Waals surface area contributed by atoms with Crippen molar-refractivity contribution in [3.05, 3.63) is 96.1 Å². The Balaban J connectivity index is 1.31. The number of hydrogen-bond acceptors (Lipinski definition) is 0. The third kappa shape index (κ3) is 2.25. The number of H-pyrrole nitrogens is 2. The molecule has 2 N–H and O–H groups in total. The Hall–Kier alpha value is -3.52. The van der Waals surface area contributed by atoms with Crippen molar-refractivity contribution in [2.75, 3.05) is 0 Å². The van der Waals surface area contributed by atoms with E-state index in [0.29, 0.717) is 11.8 Å². The maximum atomic E-state index is 3.55. The van der Waals surface area contributed by atoms with Gasteiger partial charge in [0.25, 0.3) is 0 Å². The maximum Gasteiger partial charge on any atom is 0.0465 e. The van der Waals surface area contributed by atoms with Gasteiger partial charge in [-0.3, -0.25) is 0 Å². The van der Waals surface area contributed by atoms with Crippen molar-refractivity contribution in [2.45, 2.75) is 24.7 Å². The molecule has 144 valence electrons. The summed E-state index contributed by atoms with van der Waals surface area (Å²) in [5.41, 5.74) is 7.86. The molecule has 0 saturated heterocycles. The van der Waals surface area contributed by atoms with E-state index in [0.717, 1.165) is 0 Å². The van der Waals surface area contributed by atoms with Gasteiger partial charge in [0.05, 0.1) is 0 Å². The first kappa shape index (κ1) is 16.3. The maximum absolute atomic E-state index is 3.55. The molecular formula is C28H22N2. The summed E-state index contributed by atoms with van der Waals surface area (Å²) in [5, 5.41) is 5.34. The summed E-state index contributed by atoms with van der Waals surface area (Å²) in [6, 6.07) is 31.3. The SMILES string of the molecule is c1ccc2c(c1)[nH]c1ccc(C3CCC3c3ccc4[nH]c5ccccc5c4c3)cc12. The Kier molecular flexibility index (Phi) is 3.25. The highest BCUT2D eigenvalue weighted by Gasteiger charge is 2.33. The number of rotatable bonds is 2. The molecule has 7 rings (SSSR count). The highest BCUT2D eigenvalue weighted by molar-refractivity contribution is 6.08. The Bertz CT molecular complexity index is 1450. The first-order valence-electron chi connectivity index (χ1n) is 10.9. The lowest BCUT2D eigenvalue weighted by atomic mass is 9.66. The van der Waals surface area contributed by atoms with Gasteiger partial charge >= 0.3 is 0 Å². The zero-order valence-electron chi connectivity index (χ0n) is 16.7. The van der Waals surface area contributed by atoms with Crippen LogP contribution >= 0.6 is 0 Å². The molecule has 30 heavy (non-hydrogen) atoms. The Morgan fingerprint density at radius 3 is 1.37 bits per heavy atom. The molecule has 4 aromatic carbocycles. The van der Waals surface area contributed by atoms with Gasteiger partial charge in [-0.2, -0.15) is 0 Å². The van der Waals surface area contributed by atoms with Crippen molar-refractivity contribution in [2.24, 2.45) is 0 Å². The molecule has 2 aromatic heterocycles. The lowest BCUT2D eigenvalue weighted by Gasteiger charge is -2.37. The monoisotopic (exact) mass is 386 g/mol. The van der Waals surface area contributed by atoms with Crippen LogP contribution in [0.15, 0.2) is 84.9 Å².